The van der Waals surface area contributed by atoms with Gasteiger partial charge in [-0.15, -0.1) is 0 Å². The topological polar surface area (TPSA) is 58.9 Å². The Morgan fingerprint density at radius 3 is 2.54 bits per heavy atom. The van der Waals surface area contributed by atoms with Gasteiger partial charge in [-0.1, -0.05) is 20.8 Å². The Hall–Kier alpha value is -2.21. The smallest absolute Gasteiger partial charge is 0.254 e. The van der Waals surface area contributed by atoms with Crippen LogP contribution >= 0.6 is 0 Å². The molecule has 0 atom stereocenters. The Bertz CT molecular complexity index is 664. The van der Waals surface area contributed by atoms with Gasteiger partial charge in [-0.25, -0.2) is 9.07 Å². The third-order valence-electron chi connectivity index (χ3n) is 3.68. The van der Waals surface area contributed by atoms with Crippen LogP contribution in [-0.2, 0) is 0 Å². The van der Waals surface area contributed by atoms with Gasteiger partial charge in [-0.3, -0.25) is 4.79 Å². The number of benzene rings is 1. The summed E-state index contributed by atoms with van der Waals surface area (Å²) >= 11 is 0. The normalized spacial score (nSPS) is 11.0. The van der Waals surface area contributed by atoms with E-state index < -0.39 is 0 Å². The molecule has 0 unspecified atom stereocenters. The van der Waals surface area contributed by atoms with Gasteiger partial charge in [0.1, 0.15) is 5.82 Å². The van der Waals surface area contributed by atoms with Crippen molar-refractivity contribution in [3.63, 3.8) is 0 Å². The van der Waals surface area contributed by atoms with Crippen molar-refractivity contribution in [3.05, 3.63) is 47.5 Å². The van der Waals surface area contributed by atoms with Gasteiger partial charge in [0.25, 0.3) is 5.91 Å². The van der Waals surface area contributed by atoms with E-state index in [2.05, 4.69) is 22.7 Å². The van der Waals surface area contributed by atoms with Crippen LogP contribution in [-0.4, -0.2) is 35.3 Å². The number of carbonyl (C=O) groups excluding carboxylic acids is 1. The van der Waals surface area contributed by atoms with Crippen molar-refractivity contribution in [2.45, 2.75) is 33.1 Å². The lowest BCUT2D eigenvalue weighted by Crippen LogP contribution is -2.32. The highest BCUT2D eigenvalue weighted by Gasteiger charge is 2.20. The van der Waals surface area contributed by atoms with Crippen LogP contribution in [0.3, 0.4) is 0 Å². The van der Waals surface area contributed by atoms with Crippen molar-refractivity contribution in [3.8, 4) is 5.69 Å². The molecule has 5 nitrogen and oxygen atoms in total. The van der Waals surface area contributed by atoms with Crippen LogP contribution in [0.1, 0.15) is 49.2 Å². The molecule has 2 aromatic rings. The molecule has 0 radical (unpaired) electrons. The predicted molar refractivity (Wildman–Crippen MR) is 93.1 cm³/mol. The third-order valence-corrected chi connectivity index (χ3v) is 3.68. The van der Waals surface area contributed by atoms with Crippen LogP contribution in [0.2, 0.25) is 0 Å². The summed E-state index contributed by atoms with van der Waals surface area (Å²) in [6.45, 7) is 8.37. The van der Waals surface area contributed by atoms with Gasteiger partial charge in [0.05, 0.1) is 23.1 Å². The molecule has 0 aliphatic carbocycles. The van der Waals surface area contributed by atoms with E-state index in [4.69, 9.17) is 0 Å². The van der Waals surface area contributed by atoms with E-state index in [1.165, 1.54) is 12.1 Å². The molecule has 0 saturated heterocycles. The molecule has 0 aliphatic heterocycles. The highest BCUT2D eigenvalue weighted by Crippen LogP contribution is 2.23. The van der Waals surface area contributed by atoms with Crippen molar-refractivity contribution < 1.29 is 9.18 Å². The van der Waals surface area contributed by atoms with Crippen LogP contribution in [0.4, 0.5) is 4.39 Å². The number of carbonyl (C=O) groups is 1. The predicted octanol–water partition coefficient (Wildman–Crippen LogP) is 2.86. The number of aromatic nitrogens is 2. The Kier molecular flexibility index (Phi) is 6.49. The summed E-state index contributed by atoms with van der Waals surface area (Å²) < 4.78 is 14.8. The fraction of sp³-hybridized carbons (Fsp3) is 0.444. The maximum atomic E-state index is 13.1. The molecule has 1 heterocycles. The van der Waals surface area contributed by atoms with Crippen LogP contribution in [0.5, 0.6) is 0 Å². The van der Waals surface area contributed by atoms with Gasteiger partial charge < -0.3 is 10.6 Å². The van der Waals surface area contributed by atoms with E-state index in [1.807, 2.05) is 13.8 Å². The van der Waals surface area contributed by atoms with Gasteiger partial charge in [0.2, 0.25) is 0 Å². The Morgan fingerprint density at radius 1 is 1.21 bits per heavy atom. The van der Waals surface area contributed by atoms with Crippen LogP contribution in [0, 0.1) is 5.82 Å². The molecule has 2 rings (SSSR count). The fourth-order valence-corrected chi connectivity index (χ4v) is 2.54. The molecule has 2 N–H and O–H groups in total. The first-order valence-corrected chi connectivity index (χ1v) is 8.37. The molecule has 0 bridgehead atoms. The first kappa shape index (κ1) is 18.1. The zero-order valence-corrected chi connectivity index (χ0v) is 14.5. The highest BCUT2D eigenvalue weighted by molar-refractivity contribution is 5.95. The van der Waals surface area contributed by atoms with Crippen molar-refractivity contribution in [2.24, 2.45) is 0 Å². The van der Waals surface area contributed by atoms with E-state index in [0.717, 1.165) is 30.9 Å². The monoisotopic (exact) mass is 332 g/mol. The summed E-state index contributed by atoms with van der Waals surface area (Å²) in [5, 5.41) is 10.5. The van der Waals surface area contributed by atoms with Gasteiger partial charge in [-0.2, -0.15) is 5.10 Å². The largest absolute Gasteiger partial charge is 0.351 e. The van der Waals surface area contributed by atoms with E-state index in [1.54, 1.807) is 23.0 Å². The number of hydrogen-bond acceptors (Lipinski definition) is 3. The maximum absolute atomic E-state index is 13.1. The average molecular weight is 332 g/mol. The van der Waals surface area contributed by atoms with Crippen molar-refractivity contribution in [1.82, 2.24) is 20.4 Å². The second-order valence-corrected chi connectivity index (χ2v) is 5.99. The summed E-state index contributed by atoms with van der Waals surface area (Å²) in [6.07, 6.45) is 2.64. The molecule has 0 saturated carbocycles. The lowest BCUT2D eigenvalue weighted by Gasteiger charge is -2.13. The molecule has 1 aromatic carbocycles. The van der Waals surface area contributed by atoms with Gasteiger partial charge >= 0.3 is 0 Å². The molecule has 1 amide bonds. The Morgan fingerprint density at radius 2 is 1.92 bits per heavy atom. The lowest BCUT2D eigenvalue weighted by molar-refractivity contribution is 0.0952. The molecular weight excluding hydrogens is 307 g/mol. The minimum Gasteiger partial charge on any atom is -0.351 e. The van der Waals surface area contributed by atoms with Crippen molar-refractivity contribution >= 4 is 5.91 Å². The number of hydrogen-bond donors (Lipinski definition) is 2. The quantitative estimate of drug-likeness (QED) is 0.731. The van der Waals surface area contributed by atoms with E-state index >= 15 is 0 Å². The second kappa shape index (κ2) is 8.59. The van der Waals surface area contributed by atoms with Gasteiger partial charge in [-0.05, 0) is 43.1 Å². The van der Waals surface area contributed by atoms with Crippen molar-refractivity contribution in [2.75, 3.05) is 19.6 Å². The van der Waals surface area contributed by atoms with Gasteiger partial charge in [0.15, 0.2) is 0 Å². The zero-order chi connectivity index (χ0) is 17.5. The van der Waals surface area contributed by atoms with Crippen molar-refractivity contribution in [1.29, 1.82) is 0 Å². The first-order chi connectivity index (χ1) is 11.5. The molecule has 1 aromatic heterocycles. The molecular formula is C18H25FN4O. The summed E-state index contributed by atoms with van der Waals surface area (Å²) in [5.41, 5.74) is 2.12. The molecule has 130 valence electrons. The summed E-state index contributed by atoms with van der Waals surface area (Å²) in [4.78, 5) is 12.4. The zero-order valence-electron chi connectivity index (χ0n) is 14.5. The van der Waals surface area contributed by atoms with Crippen LogP contribution in [0.15, 0.2) is 30.5 Å². The highest BCUT2D eigenvalue weighted by atomic mass is 19.1. The first-order valence-electron chi connectivity index (χ1n) is 8.37. The van der Waals surface area contributed by atoms with Gasteiger partial charge in [0, 0.05) is 13.1 Å². The minimum absolute atomic E-state index is 0.108. The second-order valence-electron chi connectivity index (χ2n) is 5.99. The molecule has 0 spiro atoms. The standard InChI is InChI=1S/C18H25FN4O/c1-4-9-20-10-11-21-18(24)16-12-22-23(17(16)13(2)3)15-7-5-14(19)6-8-15/h5-8,12-13,20H,4,9-11H2,1-3H3,(H,21,24). The Balaban J connectivity index is 2.16. The minimum atomic E-state index is -0.297. The molecule has 6 heteroatoms. The Labute approximate surface area is 142 Å². The lowest BCUT2D eigenvalue weighted by atomic mass is 10.1. The fourth-order valence-electron chi connectivity index (χ4n) is 2.54. The van der Waals surface area contributed by atoms with Crippen LogP contribution < -0.4 is 10.6 Å². The molecule has 24 heavy (non-hydrogen) atoms. The summed E-state index contributed by atoms with van der Waals surface area (Å²) in [6, 6.07) is 6.09. The van der Waals surface area contributed by atoms with E-state index in [0.29, 0.717) is 12.1 Å². The van der Waals surface area contributed by atoms with E-state index in [-0.39, 0.29) is 17.6 Å². The average Bonchev–Trinajstić information content (AvgIpc) is 3.00. The molecule has 0 aliphatic rings. The number of halogens is 1. The number of nitrogens with one attached hydrogen (secondary N) is 2. The number of amides is 1. The molecule has 0 fully saturated rings. The summed E-state index contributed by atoms with van der Waals surface area (Å²) in [5.74, 6) is -0.323. The van der Waals surface area contributed by atoms with Crippen LogP contribution in [0.25, 0.3) is 5.69 Å². The summed E-state index contributed by atoms with van der Waals surface area (Å²) in [7, 11) is 0. The maximum Gasteiger partial charge on any atom is 0.254 e. The number of rotatable bonds is 8. The third kappa shape index (κ3) is 4.41. The number of nitrogens with zero attached hydrogens (tertiary/aromatic N) is 2. The van der Waals surface area contributed by atoms with E-state index in [9.17, 15) is 9.18 Å². The SMILES string of the molecule is CCCNCCNC(=O)c1cnn(-c2ccc(F)cc2)c1C(C)C.